The highest BCUT2D eigenvalue weighted by molar-refractivity contribution is 6.88. The molecular weight excluding hydrogens is 268 g/mol. The topological polar surface area (TPSA) is 50.4 Å². The van der Waals surface area contributed by atoms with E-state index in [2.05, 4.69) is 54.5 Å². The molecule has 0 atom stereocenters. The molecule has 0 unspecified atom stereocenters. The molecule has 0 bridgehead atoms. The summed E-state index contributed by atoms with van der Waals surface area (Å²) in [5.74, 6) is 0.000712. The Balaban J connectivity index is 2.30. The number of hydrogen-bond acceptors (Lipinski definition) is 3. The first-order valence-corrected chi connectivity index (χ1v) is 10.5. The minimum atomic E-state index is -1.22. The van der Waals surface area contributed by atoms with Crippen molar-refractivity contribution in [3.63, 3.8) is 0 Å². The summed E-state index contributed by atoms with van der Waals surface area (Å²) in [4.78, 5) is 11.5. The highest BCUT2D eigenvalue weighted by Crippen LogP contribution is 2.04. The molecule has 1 aromatic carbocycles. The van der Waals surface area contributed by atoms with Gasteiger partial charge in [0.15, 0.2) is 0 Å². The average Bonchev–Trinajstić information content (AvgIpc) is 2.38. The fourth-order valence-corrected chi connectivity index (χ4v) is 2.96. The highest BCUT2D eigenvalue weighted by Gasteiger charge is 2.15. The average molecular weight is 294 g/mol. The number of carbonyl (C=O) groups excluding carboxylic acids is 1. The second kappa shape index (κ2) is 8.19. The molecule has 2 N–H and O–H groups in total. The standard InChI is InChI=1S/C15H26N2O2Si/c1-19-10-9-17-15(18)12-16-11-13-5-7-14(8-6-13)20(2,3)4/h5-8,16H,9-12H2,1-4H3,(H,17,18). The summed E-state index contributed by atoms with van der Waals surface area (Å²) in [5, 5.41) is 7.38. The molecule has 0 aliphatic heterocycles. The van der Waals surface area contributed by atoms with Crippen molar-refractivity contribution in [2.75, 3.05) is 26.8 Å². The first-order valence-electron chi connectivity index (χ1n) is 6.99. The molecule has 0 aliphatic carbocycles. The molecule has 0 heterocycles. The molecule has 0 aromatic heterocycles. The molecule has 1 aromatic rings. The maximum atomic E-state index is 11.5. The summed E-state index contributed by atoms with van der Waals surface area (Å²) in [6.45, 7) is 9.16. The quantitative estimate of drug-likeness (QED) is 0.557. The predicted octanol–water partition coefficient (Wildman–Crippen LogP) is 1.08. The van der Waals surface area contributed by atoms with Crippen molar-refractivity contribution in [2.45, 2.75) is 26.2 Å². The summed E-state index contributed by atoms with van der Waals surface area (Å²) in [6.07, 6.45) is 0. The Kier molecular flexibility index (Phi) is 6.91. The number of amides is 1. The molecule has 0 aliphatic rings. The Morgan fingerprint density at radius 1 is 1.20 bits per heavy atom. The zero-order chi connectivity index (χ0) is 15.0. The molecule has 0 radical (unpaired) electrons. The molecule has 1 amide bonds. The van der Waals surface area contributed by atoms with Crippen LogP contribution < -0.4 is 15.8 Å². The molecule has 0 fully saturated rings. The highest BCUT2D eigenvalue weighted by atomic mass is 28.3. The van der Waals surface area contributed by atoms with Crippen LogP contribution in [0.25, 0.3) is 0 Å². The molecular formula is C15H26N2O2Si. The van der Waals surface area contributed by atoms with E-state index in [1.165, 1.54) is 10.8 Å². The number of carbonyl (C=O) groups is 1. The van der Waals surface area contributed by atoms with E-state index in [0.29, 0.717) is 26.2 Å². The van der Waals surface area contributed by atoms with Crippen LogP contribution in [0.3, 0.4) is 0 Å². The van der Waals surface area contributed by atoms with Crippen LogP contribution in [-0.4, -0.2) is 40.8 Å². The number of methoxy groups -OCH3 is 1. The number of rotatable bonds is 8. The van der Waals surface area contributed by atoms with Gasteiger partial charge in [0, 0.05) is 20.2 Å². The van der Waals surface area contributed by atoms with E-state index in [1.807, 2.05) is 0 Å². The van der Waals surface area contributed by atoms with Crippen LogP contribution in [0.5, 0.6) is 0 Å². The monoisotopic (exact) mass is 294 g/mol. The largest absolute Gasteiger partial charge is 0.383 e. The van der Waals surface area contributed by atoms with Gasteiger partial charge < -0.3 is 15.4 Å². The third-order valence-electron chi connectivity index (χ3n) is 3.06. The van der Waals surface area contributed by atoms with Crippen molar-refractivity contribution in [3.05, 3.63) is 29.8 Å². The third kappa shape index (κ3) is 6.32. The van der Waals surface area contributed by atoms with E-state index < -0.39 is 8.07 Å². The van der Waals surface area contributed by atoms with Crippen molar-refractivity contribution < 1.29 is 9.53 Å². The molecule has 112 valence electrons. The number of ether oxygens (including phenoxy) is 1. The van der Waals surface area contributed by atoms with E-state index in [9.17, 15) is 4.79 Å². The van der Waals surface area contributed by atoms with Crippen molar-refractivity contribution in [3.8, 4) is 0 Å². The minimum Gasteiger partial charge on any atom is -0.383 e. The van der Waals surface area contributed by atoms with Crippen LogP contribution in [0, 0.1) is 0 Å². The molecule has 0 saturated heterocycles. The Labute approximate surface area is 122 Å². The lowest BCUT2D eigenvalue weighted by molar-refractivity contribution is -0.120. The van der Waals surface area contributed by atoms with Gasteiger partial charge in [-0.15, -0.1) is 0 Å². The van der Waals surface area contributed by atoms with E-state index in [1.54, 1.807) is 7.11 Å². The van der Waals surface area contributed by atoms with Crippen LogP contribution in [0.1, 0.15) is 5.56 Å². The van der Waals surface area contributed by atoms with E-state index in [0.717, 1.165) is 0 Å². The van der Waals surface area contributed by atoms with Gasteiger partial charge in [0.2, 0.25) is 5.91 Å². The van der Waals surface area contributed by atoms with Crippen molar-refractivity contribution in [1.82, 2.24) is 10.6 Å². The minimum absolute atomic E-state index is 0.000712. The lowest BCUT2D eigenvalue weighted by Crippen LogP contribution is -2.37. The summed E-state index contributed by atoms with van der Waals surface area (Å²) >= 11 is 0. The maximum absolute atomic E-state index is 11.5. The Bertz CT molecular complexity index is 413. The molecule has 4 nitrogen and oxygen atoms in total. The molecule has 20 heavy (non-hydrogen) atoms. The second-order valence-corrected chi connectivity index (χ2v) is 11.0. The first-order chi connectivity index (χ1) is 9.43. The number of hydrogen-bond donors (Lipinski definition) is 2. The van der Waals surface area contributed by atoms with E-state index in [-0.39, 0.29) is 5.91 Å². The van der Waals surface area contributed by atoms with Gasteiger partial charge in [0.25, 0.3) is 0 Å². The van der Waals surface area contributed by atoms with Gasteiger partial charge in [-0.05, 0) is 5.56 Å². The van der Waals surface area contributed by atoms with Gasteiger partial charge in [-0.2, -0.15) is 0 Å². The third-order valence-corrected chi connectivity index (χ3v) is 5.13. The number of benzene rings is 1. The lowest BCUT2D eigenvalue weighted by Gasteiger charge is -2.16. The molecule has 1 rings (SSSR count). The molecule has 0 spiro atoms. The Morgan fingerprint density at radius 2 is 1.85 bits per heavy atom. The first kappa shape index (κ1) is 16.9. The Morgan fingerprint density at radius 3 is 2.40 bits per heavy atom. The van der Waals surface area contributed by atoms with Gasteiger partial charge in [-0.3, -0.25) is 4.79 Å². The van der Waals surface area contributed by atoms with Crippen LogP contribution in [0.4, 0.5) is 0 Å². The van der Waals surface area contributed by atoms with Crippen molar-refractivity contribution in [1.29, 1.82) is 0 Å². The second-order valence-electron chi connectivity index (χ2n) is 5.89. The van der Waals surface area contributed by atoms with Gasteiger partial charge >= 0.3 is 0 Å². The fourth-order valence-electron chi connectivity index (χ4n) is 1.80. The van der Waals surface area contributed by atoms with Crippen LogP contribution in [0.2, 0.25) is 19.6 Å². The van der Waals surface area contributed by atoms with Crippen molar-refractivity contribution >= 4 is 19.2 Å². The van der Waals surface area contributed by atoms with Crippen molar-refractivity contribution in [2.24, 2.45) is 0 Å². The van der Waals surface area contributed by atoms with Gasteiger partial charge in [-0.25, -0.2) is 0 Å². The summed E-state index contributed by atoms with van der Waals surface area (Å²) < 4.78 is 4.87. The Hall–Kier alpha value is -1.17. The lowest BCUT2D eigenvalue weighted by atomic mass is 10.2. The predicted molar refractivity (Wildman–Crippen MR) is 86.0 cm³/mol. The fraction of sp³-hybridized carbons (Fsp3) is 0.533. The smallest absolute Gasteiger partial charge is 0.234 e. The zero-order valence-electron chi connectivity index (χ0n) is 13.0. The zero-order valence-corrected chi connectivity index (χ0v) is 14.0. The number of nitrogens with one attached hydrogen (secondary N) is 2. The van der Waals surface area contributed by atoms with Crippen LogP contribution in [0.15, 0.2) is 24.3 Å². The van der Waals surface area contributed by atoms with Crippen LogP contribution in [-0.2, 0) is 16.1 Å². The molecule has 0 saturated carbocycles. The molecule has 5 heteroatoms. The van der Waals surface area contributed by atoms with E-state index in [4.69, 9.17) is 4.74 Å². The van der Waals surface area contributed by atoms with Gasteiger partial charge in [0.1, 0.15) is 0 Å². The summed E-state index contributed by atoms with van der Waals surface area (Å²) in [6, 6.07) is 8.70. The summed E-state index contributed by atoms with van der Waals surface area (Å²) in [5.41, 5.74) is 1.21. The summed E-state index contributed by atoms with van der Waals surface area (Å²) in [7, 11) is 0.399. The normalized spacial score (nSPS) is 11.4. The van der Waals surface area contributed by atoms with E-state index >= 15 is 0 Å². The maximum Gasteiger partial charge on any atom is 0.234 e. The van der Waals surface area contributed by atoms with Gasteiger partial charge in [-0.1, -0.05) is 49.1 Å². The SMILES string of the molecule is COCCNC(=O)CNCc1ccc([Si](C)(C)C)cc1. The van der Waals surface area contributed by atoms with Gasteiger partial charge in [0.05, 0.1) is 21.2 Å². The van der Waals surface area contributed by atoms with Crippen LogP contribution >= 0.6 is 0 Å².